The second-order valence-electron chi connectivity index (χ2n) is 3.97. The molecule has 1 aromatic heterocycles. The highest BCUT2D eigenvalue weighted by atomic mass is 19.1. The topological polar surface area (TPSA) is 60.2 Å². The Morgan fingerprint density at radius 2 is 2.05 bits per heavy atom. The van der Waals surface area contributed by atoms with E-state index in [1.54, 1.807) is 30.3 Å². The number of ether oxygens (including phenoxy) is 1. The van der Waals surface area contributed by atoms with Crippen molar-refractivity contribution in [3.8, 4) is 5.88 Å². The molecule has 0 saturated heterocycles. The molecule has 19 heavy (non-hydrogen) atoms. The summed E-state index contributed by atoms with van der Waals surface area (Å²) in [5.74, 6) is 0.748. The summed E-state index contributed by atoms with van der Waals surface area (Å²) < 4.78 is 18.8. The fourth-order valence-electron chi connectivity index (χ4n) is 1.63. The molecule has 0 fully saturated rings. The Kier molecular flexibility index (Phi) is 4.18. The molecule has 0 bridgehead atoms. The van der Waals surface area contributed by atoms with Crippen molar-refractivity contribution in [3.63, 3.8) is 0 Å². The first-order valence-corrected chi connectivity index (χ1v) is 6.07. The lowest BCUT2D eigenvalue weighted by Crippen LogP contribution is -2.06. The predicted molar refractivity (Wildman–Crippen MR) is 73.5 cm³/mol. The van der Waals surface area contributed by atoms with Crippen LogP contribution in [0, 0.1) is 5.82 Å². The van der Waals surface area contributed by atoms with Gasteiger partial charge in [0.2, 0.25) is 5.88 Å². The smallest absolute Gasteiger partial charge is 0.239 e. The first kappa shape index (κ1) is 13.1. The number of anilines is 2. The molecule has 0 spiro atoms. The minimum Gasteiger partial charge on any atom is -0.476 e. The van der Waals surface area contributed by atoms with Crippen molar-refractivity contribution in [2.24, 2.45) is 0 Å². The number of nitrogens with zero attached hydrogens (tertiary/aromatic N) is 1. The fraction of sp³-hybridized carbons (Fsp3) is 0.214. The van der Waals surface area contributed by atoms with Crippen molar-refractivity contribution in [2.75, 3.05) is 17.7 Å². The van der Waals surface area contributed by atoms with E-state index >= 15 is 0 Å². The summed E-state index contributed by atoms with van der Waals surface area (Å²) in [5, 5.41) is 3.04. The number of nitrogen functional groups attached to an aromatic ring is 1. The van der Waals surface area contributed by atoms with Gasteiger partial charge in [0.1, 0.15) is 11.6 Å². The molecule has 0 aliphatic heterocycles. The lowest BCUT2D eigenvalue weighted by atomic mass is 10.2. The second-order valence-corrected chi connectivity index (χ2v) is 3.97. The van der Waals surface area contributed by atoms with Crippen LogP contribution in [0.5, 0.6) is 5.88 Å². The largest absolute Gasteiger partial charge is 0.476 e. The molecular formula is C14H16FN3O. The number of benzene rings is 1. The Hall–Kier alpha value is -2.30. The number of halogens is 1. The Morgan fingerprint density at radius 3 is 2.79 bits per heavy atom. The van der Waals surface area contributed by atoms with Crippen LogP contribution < -0.4 is 15.8 Å². The first-order chi connectivity index (χ1) is 9.20. The molecule has 0 saturated carbocycles. The maximum atomic E-state index is 13.5. The van der Waals surface area contributed by atoms with Gasteiger partial charge in [0.25, 0.3) is 0 Å². The zero-order valence-corrected chi connectivity index (χ0v) is 10.7. The quantitative estimate of drug-likeness (QED) is 0.868. The van der Waals surface area contributed by atoms with Gasteiger partial charge in [-0.3, -0.25) is 0 Å². The van der Waals surface area contributed by atoms with Crippen LogP contribution in [0.2, 0.25) is 0 Å². The zero-order valence-electron chi connectivity index (χ0n) is 10.7. The highest BCUT2D eigenvalue weighted by Crippen LogP contribution is 2.21. The Labute approximate surface area is 111 Å². The fourth-order valence-corrected chi connectivity index (χ4v) is 1.63. The molecule has 1 heterocycles. The summed E-state index contributed by atoms with van der Waals surface area (Å²) >= 11 is 0. The van der Waals surface area contributed by atoms with Gasteiger partial charge in [0, 0.05) is 12.1 Å². The van der Waals surface area contributed by atoms with Crippen molar-refractivity contribution in [1.82, 2.24) is 4.98 Å². The first-order valence-electron chi connectivity index (χ1n) is 6.07. The van der Waals surface area contributed by atoms with E-state index in [1.807, 2.05) is 6.92 Å². The molecule has 100 valence electrons. The summed E-state index contributed by atoms with van der Waals surface area (Å²) in [5.41, 5.74) is 6.80. The highest BCUT2D eigenvalue weighted by molar-refractivity contribution is 5.53. The molecule has 0 amide bonds. The van der Waals surface area contributed by atoms with Crippen LogP contribution in [0.3, 0.4) is 0 Å². The number of hydrogen-bond acceptors (Lipinski definition) is 4. The molecule has 2 rings (SSSR count). The van der Waals surface area contributed by atoms with Gasteiger partial charge in [-0.25, -0.2) is 4.39 Å². The monoisotopic (exact) mass is 261 g/mol. The van der Waals surface area contributed by atoms with Crippen LogP contribution >= 0.6 is 0 Å². The molecule has 0 atom stereocenters. The maximum absolute atomic E-state index is 13.5. The number of nitrogens with two attached hydrogens (primary N) is 1. The number of rotatable bonds is 5. The van der Waals surface area contributed by atoms with Crippen LogP contribution in [0.4, 0.5) is 15.9 Å². The number of hydrogen-bond donors (Lipinski definition) is 2. The Balaban J connectivity index is 2.07. The SMILES string of the molecule is CCOc1nc(NCc2ccccc2F)ccc1N. The normalized spacial score (nSPS) is 10.2. The summed E-state index contributed by atoms with van der Waals surface area (Å²) in [6.07, 6.45) is 0. The number of nitrogens with one attached hydrogen (secondary N) is 1. The Bertz CT molecular complexity index is 560. The third-order valence-electron chi connectivity index (χ3n) is 2.59. The minimum absolute atomic E-state index is 0.240. The minimum atomic E-state index is -0.240. The zero-order chi connectivity index (χ0) is 13.7. The van der Waals surface area contributed by atoms with Crippen molar-refractivity contribution in [2.45, 2.75) is 13.5 Å². The molecule has 0 unspecified atom stereocenters. The van der Waals surface area contributed by atoms with Crippen LogP contribution in [-0.4, -0.2) is 11.6 Å². The van der Waals surface area contributed by atoms with Gasteiger partial charge in [0.15, 0.2) is 0 Å². The third-order valence-corrected chi connectivity index (χ3v) is 2.59. The molecule has 2 aromatic rings. The van der Waals surface area contributed by atoms with E-state index in [4.69, 9.17) is 10.5 Å². The standard InChI is InChI=1S/C14H16FN3O/c1-2-19-14-12(16)7-8-13(18-14)17-9-10-5-3-4-6-11(10)15/h3-8H,2,9,16H2,1H3,(H,17,18). The molecule has 5 heteroatoms. The summed E-state index contributed by atoms with van der Waals surface area (Å²) in [6.45, 7) is 2.71. The molecule has 0 radical (unpaired) electrons. The lowest BCUT2D eigenvalue weighted by Gasteiger charge is -2.10. The highest BCUT2D eigenvalue weighted by Gasteiger charge is 2.05. The lowest BCUT2D eigenvalue weighted by molar-refractivity contribution is 0.329. The molecule has 0 aliphatic rings. The van der Waals surface area contributed by atoms with Crippen molar-refractivity contribution < 1.29 is 9.13 Å². The summed E-state index contributed by atoms with van der Waals surface area (Å²) in [4.78, 5) is 4.23. The van der Waals surface area contributed by atoms with Gasteiger partial charge in [-0.1, -0.05) is 18.2 Å². The average Bonchev–Trinajstić information content (AvgIpc) is 2.41. The second kappa shape index (κ2) is 6.04. The van der Waals surface area contributed by atoms with Gasteiger partial charge < -0.3 is 15.8 Å². The van der Waals surface area contributed by atoms with E-state index in [0.29, 0.717) is 36.1 Å². The van der Waals surface area contributed by atoms with E-state index in [9.17, 15) is 4.39 Å². The van der Waals surface area contributed by atoms with Gasteiger partial charge >= 0.3 is 0 Å². The van der Waals surface area contributed by atoms with E-state index in [0.717, 1.165) is 0 Å². The van der Waals surface area contributed by atoms with E-state index in [2.05, 4.69) is 10.3 Å². The molecule has 3 N–H and O–H groups in total. The van der Waals surface area contributed by atoms with Crippen molar-refractivity contribution in [1.29, 1.82) is 0 Å². The summed E-state index contributed by atoms with van der Waals surface area (Å²) in [7, 11) is 0. The average molecular weight is 261 g/mol. The van der Waals surface area contributed by atoms with E-state index in [1.165, 1.54) is 6.07 Å². The van der Waals surface area contributed by atoms with Crippen molar-refractivity contribution in [3.05, 3.63) is 47.8 Å². The van der Waals surface area contributed by atoms with Crippen LogP contribution in [0.25, 0.3) is 0 Å². The molecular weight excluding hydrogens is 245 g/mol. The predicted octanol–water partition coefficient (Wildman–Crippen LogP) is 2.81. The van der Waals surface area contributed by atoms with Crippen LogP contribution in [0.1, 0.15) is 12.5 Å². The van der Waals surface area contributed by atoms with E-state index < -0.39 is 0 Å². The van der Waals surface area contributed by atoms with Gasteiger partial charge in [-0.2, -0.15) is 4.98 Å². The van der Waals surface area contributed by atoms with Crippen molar-refractivity contribution >= 4 is 11.5 Å². The third kappa shape index (κ3) is 3.34. The molecule has 4 nitrogen and oxygen atoms in total. The number of aromatic nitrogens is 1. The van der Waals surface area contributed by atoms with E-state index in [-0.39, 0.29) is 5.82 Å². The molecule has 0 aliphatic carbocycles. The van der Waals surface area contributed by atoms with Gasteiger partial charge in [-0.15, -0.1) is 0 Å². The Morgan fingerprint density at radius 1 is 1.26 bits per heavy atom. The van der Waals surface area contributed by atoms with Crippen LogP contribution in [-0.2, 0) is 6.54 Å². The van der Waals surface area contributed by atoms with Crippen LogP contribution in [0.15, 0.2) is 36.4 Å². The van der Waals surface area contributed by atoms with Gasteiger partial charge in [0.05, 0.1) is 12.3 Å². The number of pyridine rings is 1. The molecule has 1 aromatic carbocycles. The maximum Gasteiger partial charge on any atom is 0.239 e. The summed E-state index contributed by atoms with van der Waals surface area (Å²) in [6, 6.07) is 10.1. The van der Waals surface area contributed by atoms with Gasteiger partial charge in [-0.05, 0) is 25.1 Å².